The van der Waals surface area contributed by atoms with Gasteiger partial charge in [0.1, 0.15) is 0 Å². The maximum Gasteiger partial charge on any atom is 0.277 e. The summed E-state index contributed by atoms with van der Waals surface area (Å²) in [4.78, 5) is 4.75. The first-order chi connectivity index (χ1) is 11.0. The molecule has 0 atom stereocenters. The Morgan fingerprint density at radius 1 is 1.22 bits per heavy atom. The molecule has 6 nitrogen and oxygen atoms in total. The molecular weight excluding hydrogens is 358 g/mol. The number of rotatable bonds is 5. The molecule has 0 bridgehead atoms. The number of hydrogen-bond donors (Lipinski definition) is 1. The number of nitrogens with one attached hydrogen (secondary N) is 1. The van der Waals surface area contributed by atoms with Gasteiger partial charge in [-0.05, 0) is 34.3 Å². The summed E-state index contributed by atoms with van der Waals surface area (Å²) >= 11 is 7.38. The molecule has 23 heavy (non-hydrogen) atoms. The molecule has 0 aliphatic heterocycles. The van der Waals surface area contributed by atoms with Crippen LogP contribution in [0.1, 0.15) is 5.56 Å². The van der Waals surface area contributed by atoms with Crippen molar-refractivity contribution in [3.05, 3.63) is 57.8 Å². The highest BCUT2D eigenvalue weighted by molar-refractivity contribution is 7.95. The van der Waals surface area contributed by atoms with Gasteiger partial charge in [-0.15, -0.1) is 11.3 Å². The van der Waals surface area contributed by atoms with E-state index in [0.717, 1.165) is 10.3 Å². The van der Waals surface area contributed by atoms with E-state index >= 15 is 0 Å². The topological polar surface area (TPSA) is 85.1 Å². The highest BCUT2D eigenvalue weighted by Crippen LogP contribution is 2.24. The second-order valence-corrected chi connectivity index (χ2v) is 7.29. The van der Waals surface area contributed by atoms with Crippen LogP contribution in [0, 0.1) is 0 Å². The zero-order valence-electron chi connectivity index (χ0n) is 11.5. The number of halogens is 1. The summed E-state index contributed by atoms with van der Waals surface area (Å²) in [6.45, 7) is 0. The third-order valence-corrected chi connectivity index (χ3v) is 4.89. The van der Waals surface area contributed by atoms with Gasteiger partial charge in [-0.2, -0.15) is 4.98 Å². The van der Waals surface area contributed by atoms with E-state index in [9.17, 15) is 8.42 Å². The van der Waals surface area contributed by atoms with Crippen molar-refractivity contribution in [1.29, 1.82) is 0 Å². The van der Waals surface area contributed by atoms with Crippen LogP contribution in [0.5, 0.6) is 0 Å². The number of benzene rings is 1. The van der Waals surface area contributed by atoms with Crippen LogP contribution in [0.4, 0.5) is 5.95 Å². The molecule has 118 valence electrons. The van der Waals surface area contributed by atoms with Crippen LogP contribution in [0.2, 0.25) is 5.02 Å². The van der Waals surface area contributed by atoms with Crippen LogP contribution < -0.4 is 4.72 Å². The van der Waals surface area contributed by atoms with Crippen LogP contribution in [0.3, 0.4) is 0 Å². The SMILES string of the molecule is O=S(=O)(C=Cc1ccccc1Cl)Nc1noc(-c2cccs2)n1. The van der Waals surface area contributed by atoms with Crippen molar-refractivity contribution in [3.63, 3.8) is 0 Å². The van der Waals surface area contributed by atoms with Crippen molar-refractivity contribution < 1.29 is 12.9 Å². The van der Waals surface area contributed by atoms with E-state index in [1.807, 2.05) is 11.4 Å². The minimum absolute atomic E-state index is 0.128. The summed E-state index contributed by atoms with van der Waals surface area (Å²) < 4.78 is 31.3. The standard InChI is InChI=1S/C14H10ClN3O3S2/c15-11-5-2-1-4-10(11)7-9-23(19,20)18-14-16-13(21-17-14)12-6-3-8-22-12/h1-9H,(H,17,18). The molecule has 3 rings (SSSR count). The molecule has 0 radical (unpaired) electrons. The smallest absolute Gasteiger partial charge is 0.277 e. The normalized spacial score (nSPS) is 11.9. The Bertz CT molecular complexity index is 934. The largest absolute Gasteiger partial charge is 0.331 e. The molecule has 0 saturated heterocycles. The highest BCUT2D eigenvalue weighted by Gasteiger charge is 2.14. The van der Waals surface area contributed by atoms with Crippen molar-refractivity contribution in [2.75, 3.05) is 4.72 Å². The van der Waals surface area contributed by atoms with Gasteiger partial charge >= 0.3 is 0 Å². The van der Waals surface area contributed by atoms with Crippen molar-refractivity contribution >= 4 is 45.0 Å². The van der Waals surface area contributed by atoms with E-state index in [2.05, 4.69) is 14.9 Å². The predicted octanol–water partition coefficient (Wildman–Crippen LogP) is 3.86. The van der Waals surface area contributed by atoms with Gasteiger partial charge in [0, 0.05) is 5.02 Å². The van der Waals surface area contributed by atoms with Gasteiger partial charge < -0.3 is 4.52 Å². The zero-order valence-corrected chi connectivity index (χ0v) is 13.9. The monoisotopic (exact) mass is 367 g/mol. The fourth-order valence-corrected chi connectivity index (χ4v) is 3.27. The summed E-state index contributed by atoms with van der Waals surface area (Å²) in [6.07, 6.45) is 1.39. The summed E-state index contributed by atoms with van der Waals surface area (Å²) in [5.74, 6) is 0.130. The highest BCUT2D eigenvalue weighted by atomic mass is 35.5. The van der Waals surface area contributed by atoms with Crippen LogP contribution >= 0.6 is 22.9 Å². The summed E-state index contributed by atoms with van der Waals surface area (Å²) in [5.41, 5.74) is 0.590. The molecule has 0 saturated carbocycles. The maximum absolute atomic E-state index is 12.0. The second-order valence-electron chi connectivity index (χ2n) is 4.37. The van der Waals surface area contributed by atoms with Gasteiger partial charge in [0.25, 0.3) is 21.9 Å². The lowest BCUT2D eigenvalue weighted by molar-refractivity contribution is 0.434. The van der Waals surface area contributed by atoms with Gasteiger partial charge in [-0.25, -0.2) is 13.1 Å². The van der Waals surface area contributed by atoms with E-state index < -0.39 is 10.0 Å². The lowest BCUT2D eigenvalue weighted by Crippen LogP contribution is -2.10. The van der Waals surface area contributed by atoms with E-state index in [1.54, 1.807) is 30.3 Å². The Morgan fingerprint density at radius 2 is 2.04 bits per heavy atom. The van der Waals surface area contributed by atoms with Gasteiger partial charge in [0.15, 0.2) is 0 Å². The van der Waals surface area contributed by atoms with E-state index in [-0.39, 0.29) is 11.8 Å². The maximum atomic E-state index is 12.0. The molecule has 2 aromatic heterocycles. The van der Waals surface area contributed by atoms with Crippen molar-refractivity contribution in [2.45, 2.75) is 0 Å². The number of hydrogen-bond acceptors (Lipinski definition) is 6. The Morgan fingerprint density at radius 3 is 2.78 bits per heavy atom. The Kier molecular flexibility index (Phi) is 4.46. The van der Waals surface area contributed by atoms with Gasteiger partial charge in [-0.3, -0.25) is 0 Å². The molecule has 1 N–H and O–H groups in total. The van der Waals surface area contributed by atoms with Crippen LogP contribution in [0.15, 0.2) is 51.7 Å². The van der Waals surface area contributed by atoms with Crippen LogP contribution in [0.25, 0.3) is 16.8 Å². The summed E-state index contributed by atoms with van der Waals surface area (Å²) in [7, 11) is -3.78. The van der Waals surface area contributed by atoms with Gasteiger partial charge in [0.2, 0.25) is 0 Å². The minimum atomic E-state index is -3.78. The van der Waals surface area contributed by atoms with Crippen molar-refractivity contribution in [3.8, 4) is 10.8 Å². The van der Waals surface area contributed by atoms with Gasteiger partial charge in [-0.1, -0.05) is 35.9 Å². The first kappa shape index (κ1) is 15.7. The summed E-state index contributed by atoms with van der Waals surface area (Å²) in [5, 5.41) is 6.91. The Labute approximate surface area is 141 Å². The van der Waals surface area contributed by atoms with E-state index in [1.165, 1.54) is 17.4 Å². The van der Waals surface area contributed by atoms with E-state index in [0.29, 0.717) is 10.6 Å². The molecule has 9 heteroatoms. The molecule has 3 aromatic rings. The molecule has 0 unspecified atom stereocenters. The van der Waals surface area contributed by atoms with Gasteiger partial charge in [0.05, 0.1) is 10.3 Å². The summed E-state index contributed by atoms with van der Waals surface area (Å²) in [6, 6.07) is 10.5. The molecular formula is C14H10ClN3O3S2. The van der Waals surface area contributed by atoms with Crippen molar-refractivity contribution in [1.82, 2.24) is 10.1 Å². The number of sulfonamides is 1. The number of aromatic nitrogens is 2. The fraction of sp³-hybridized carbons (Fsp3) is 0. The minimum Gasteiger partial charge on any atom is -0.331 e. The number of anilines is 1. The molecule has 2 heterocycles. The third kappa shape index (κ3) is 3.98. The Balaban J connectivity index is 1.75. The molecule has 0 amide bonds. The lowest BCUT2D eigenvalue weighted by Gasteiger charge is -1.99. The Hall–Kier alpha value is -2.16. The van der Waals surface area contributed by atoms with Crippen LogP contribution in [-0.4, -0.2) is 18.6 Å². The van der Waals surface area contributed by atoms with E-state index in [4.69, 9.17) is 16.1 Å². The average molecular weight is 368 g/mol. The predicted molar refractivity (Wildman–Crippen MR) is 90.6 cm³/mol. The fourth-order valence-electron chi connectivity index (χ4n) is 1.70. The molecule has 0 aliphatic carbocycles. The zero-order chi connectivity index (χ0) is 16.3. The molecule has 0 fully saturated rings. The number of nitrogens with zero attached hydrogens (tertiary/aromatic N) is 2. The first-order valence-corrected chi connectivity index (χ1v) is 9.17. The lowest BCUT2D eigenvalue weighted by atomic mass is 10.2. The third-order valence-electron chi connectivity index (χ3n) is 2.72. The number of thiophene rings is 1. The molecule has 0 aliphatic rings. The second kappa shape index (κ2) is 6.53. The molecule has 1 aromatic carbocycles. The van der Waals surface area contributed by atoms with Crippen LogP contribution in [-0.2, 0) is 10.0 Å². The van der Waals surface area contributed by atoms with Crippen molar-refractivity contribution in [2.24, 2.45) is 0 Å². The molecule has 0 spiro atoms. The first-order valence-electron chi connectivity index (χ1n) is 6.36. The quantitative estimate of drug-likeness (QED) is 0.740. The average Bonchev–Trinajstić information content (AvgIpc) is 3.17.